The number of carbonyl (C=O) groups is 1. The molecule has 3 heteroatoms. The third kappa shape index (κ3) is 3.78. The summed E-state index contributed by atoms with van der Waals surface area (Å²) in [6.45, 7) is 8.43. The van der Waals surface area contributed by atoms with E-state index in [1.54, 1.807) is 0 Å². The summed E-state index contributed by atoms with van der Waals surface area (Å²) in [7, 11) is 0. The van der Waals surface area contributed by atoms with Gasteiger partial charge in [0.05, 0.1) is 5.92 Å². The van der Waals surface area contributed by atoms with Crippen LogP contribution in [0.25, 0.3) is 0 Å². The third-order valence-electron chi connectivity index (χ3n) is 3.79. The van der Waals surface area contributed by atoms with Crippen molar-refractivity contribution >= 4 is 5.91 Å². The fraction of sp³-hybridized carbons (Fsp3) is 0.923. The van der Waals surface area contributed by atoms with Crippen LogP contribution in [0, 0.1) is 11.8 Å². The van der Waals surface area contributed by atoms with E-state index in [9.17, 15) is 4.79 Å². The Hall–Kier alpha value is -0.570. The van der Waals surface area contributed by atoms with Gasteiger partial charge in [-0.15, -0.1) is 0 Å². The largest absolute Gasteiger partial charge is 0.353 e. The first kappa shape index (κ1) is 13.5. The van der Waals surface area contributed by atoms with Crippen molar-refractivity contribution in [1.29, 1.82) is 0 Å². The minimum atomic E-state index is 0.186. The van der Waals surface area contributed by atoms with Crippen LogP contribution in [0.15, 0.2) is 0 Å². The fourth-order valence-electron chi connectivity index (χ4n) is 2.53. The zero-order chi connectivity index (χ0) is 12.0. The molecule has 1 unspecified atom stereocenters. The molecule has 2 atom stereocenters. The highest BCUT2D eigenvalue weighted by Crippen LogP contribution is 2.15. The van der Waals surface area contributed by atoms with Crippen LogP contribution in [-0.4, -0.2) is 25.0 Å². The third-order valence-corrected chi connectivity index (χ3v) is 3.79. The lowest BCUT2D eigenvalue weighted by atomic mass is 9.93. The van der Waals surface area contributed by atoms with E-state index in [4.69, 9.17) is 0 Å². The van der Waals surface area contributed by atoms with Crippen LogP contribution in [0.3, 0.4) is 0 Å². The molecule has 16 heavy (non-hydrogen) atoms. The quantitative estimate of drug-likeness (QED) is 0.752. The van der Waals surface area contributed by atoms with Crippen molar-refractivity contribution in [3.8, 4) is 0 Å². The SMILES string of the molecule is CCC(CC)C(C)NC(=O)[C@H]1CCCNC1. The highest BCUT2D eigenvalue weighted by molar-refractivity contribution is 5.79. The van der Waals surface area contributed by atoms with Crippen molar-refractivity contribution in [2.24, 2.45) is 11.8 Å². The molecule has 0 radical (unpaired) electrons. The average molecular weight is 226 g/mol. The maximum atomic E-state index is 12.0. The summed E-state index contributed by atoms with van der Waals surface area (Å²) in [5, 5.41) is 6.46. The molecule has 1 saturated heterocycles. The molecule has 0 bridgehead atoms. The van der Waals surface area contributed by atoms with Crippen molar-refractivity contribution in [3.63, 3.8) is 0 Å². The standard InChI is InChI=1S/C13H26N2O/c1-4-11(5-2)10(3)15-13(16)12-7-6-8-14-9-12/h10-12,14H,4-9H2,1-3H3,(H,15,16)/t10?,12-/m0/s1. The van der Waals surface area contributed by atoms with E-state index in [-0.39, 0.29) is 11.8 Å². The van der Waals surface area contributed by atoms with Crippen LogP contribution >= 0.6 is 0 Å². The first-order valence-corrected chi connectivity index (χ1v) is 6.70. The van der Waals surface area contributed by atoms with Gasteiger partial charge in [-0.3, -0.25) is 4.79 Å². The van der Waals surface area contributed by atoms with Crippen molar-refractivity contribution in [2.75, 3.05) is 13.1 Å². The van der Waals surface area contributed by atoms with Crippen molar-refractivity contribution in [2.45, 2.75) is 52.5 Å². The molecule has 2 N–H and O–H groups in total. The molecule has 0 aromatic rings. The summed E-state index contributed by atoms with van der Waals surface area (Å²) in [5.74, 6) is 1.04. The lowest BCUT2D eigenvalue weighted by molar-refractivity contribution is -0.126. The molecule has 0 aliphatic carbocycles. The van der Waals surface area contributed by atoms with Crippen LogP contribution in [-0.2, 0) is 4.79 Å². The number of carbonyl (C=O) groups excluding carboxylic acids is 1. The summed E-state index contributed by atoms with van der Waals surface area (Å²) in [6, 6.07) is 0.310. The zero-order valence-electron chi connectivity index (χ0n) is 10.9. The van der Waals surface area contributed by atoms with Gasteiger partial charge in [-0.25, -0.2) is 0 Å². The number of nitrogens with one attached hydrogen (secondary N) is 2. The Bertz CT molecular complexity index is 208. The van der Waals surface area contributed by atoms with E-state index in [0.717, 1.165) is 38.8 Å². The van der Waals surface area contributed by atoms with E-state index >= 15 is 0 Å². The highest BCUT2D eigenvalue weighted by atomic mass is 16.2. The number of rotatable bonds is 5. The van der Waals surface area contributed by atoms with Gasteiger partial charge in [0.1, 0.15) is 0 Å². The van der Waals surface area contributed by atoms with Crippen molar-refractivity contribution in [3.05, 3.63) is 0 Å². The number of piperidine rings is 1. The van der Waals surface area contributed by atoms with E-state index in [0.29, 0.717) is 12.0 Å². The second kappa shape index (κ2) is 6.89. The van der Waals surface area contributed by atoms with Crippen LogP contribution < -0.4 is 10.6 Å². The molecule has 0 spiro atoms. The summed E-state index contributed by atoms with van der Waals surface area (Å²) >= 11 is 0. The summed E-state index contributed by atoms with van der Waals surface area (Å²) in [5.41, 5.74) is 0. The Balaban J connectivity index is 2.37. The number of hydrogen-bond acceptors (Lipinski definition) is 2. The minimum absolute atomic E-state index is 0.186. The van der Waals surface area contributed by atoms with Gasteiger partial charge >= 0.3 is 0 Å². The average Bonchev–Trinajstić information content (AvgIpc) is 2.31. The molecular formula is C13H26N2O. The van der Waals surface area contributed by atoms with Crippen LogP contribution in [0.4, 0.5) is 0 Å². The van der Waals surface area contributed by atoms with E-state index in [2.05, 4.69) is 31.4 Å². The van der Waals surface area contributed by atoms with Crippen molar-refractivity contribution < 1.29 is 4.79 Å². The Kier molecular flexibility index (Phi) is 5.81. The molecule has 1 heterocycles. The first-order chi connectivity index (χ1) is 7.69. The van der Waals surface area contributed by atoms with Gasteiger partial charge in [0, 0.05) is 12.6 Å². The monoisotopic (exact) mass is 226 g/mol. The minimum Gasteiger partial charge on any atom is -0.353 e. The maximum Gasteiger partial charge on any atom is 0.224 e. The number of amides is 1. The van der Waals surface area contributed by atoms with Crippen LogP contribution in [0.5, 0.6) is 0 Å². The Morgan fingerprint density at radius 2 is 2.12 bits per heavy atom. The zero-order valence-corrected chi connectivity index (χ0v) is 10.9. The Morgan fingerprint density at radius 3 is 2.62 bits per heavy atom. The predicted octanol–water partition coefficient (Wildman–Crippen LogP) is 1.93. The molecular weight excluding hydrogens is 200 g/mol. The second-order valence-electron chi connectivity index (χ2n) is 4.92. The number of hydrogen-bond donors (Lipinski definition) is 2. The molecule has 0 saturated carbocycles. The van der Waals surface area contributed by atoms with Crippen LogP contribution in [0.1, 0.15) is 46.5 Å². The van der Waals surface area contributed by atoms with Gasteiger partial charge in [-0.05, 0) is 32.2 Å². The molecule has 1 amide bonds. The maximum absolute atomic E-state index is 12.0. The van der Waals surface area contributed by atoms with Gasteiger partial charge in [0.25, 0.3) is 0 Å². The lowest BCUT2D eigenvalue weighted by Crippen LogP contribution is -2.45. The molecule has 0 aromatic carbocycles. The summed E-state index contributed by atoms with van der Waals surface area (Å²) in [4.78, 5) is 12.0. The Labute approximate surface area is 99.4 Å². The second-order valence-corrected chi connectivity index (χ2v) is 4.92. The summed E-state index contributed by atoms with van der Waals surface area (Å²) in [6.07, 6.45) is 4.44. The first-order valence-electron chi connectivity index (χ1n) is 6.70. The molecule has 0 aromatic heterocycles. The smallest absolute Gasteiger partial charge is 0.224 e. The van der Waals surface area contributed by atoms with E-state index in [1.807, 2.05) is 0 Å². The topological polar surface area (TPSA) is 41.1 Å². The van der Waals surface area contributed by atoms with Gasteiger partial charge in [-0.1, -0.05) is 26.7 Å². The van der Waals surface area contributed by atoms with Crippen molar-refractivity contribution in [1.82, 2.24) is 10.6 Å². The van der Waals surface area contributed by atoms with Gasteiger partial charge < -0.3 is 10.6 Å². The molecule has 1 rings (SSSR count). The molecule has 1 aliphatic heterocycles. The van der Waals surface area contributed by atoms with Gasteiger partial charge in [-0.2, -0.15) is 0 Å². The fourth-order valence-corrected chi connectivity index (χ4v) is 2.53. The lowest BCUT2D eigenvalue weighted by Gasteiger charge is -2.27. The van der Waals surface area contributed by atoms with E-state index in [1.165, 1.54) is 0 Å². The molecule has 1 aliphatic rings. The molecule has 1 fully saturated rings. The Morgan fingerprint density at radius 1 is 1.44 bits per heavy atom. The van der Waals surface area contributed by atoms with E-state index < -0.39 is 0 Å². The van der Waals surface area contributed by atoms with Gasteiger partial charge in [0.2, 0.25) is 5.91 Å². The normalized spacial score (nSPS) is 23.1. The van der Waals surface area contributed by atoms with Crippen LogP contribution in [0.2, 0.25) is 0 Å². The van der Waals surface area contributed by atoms with Gasteiger partial charge in [0.15, 0.2) is 0 Å². The molecule has 3 nitrogen and oxygen atoms in total. The predicted molar refractivity (Wildman–Crippen MR) is 67.3 cm³/mol. The highest BCUT2D eigenvalue weighted by Gasteiger charge is 2.23. The summed E-state index contributed by atoms with van der Waals surface area (Å²) < 4.78 is 0. The molecule has 94 valence electrons.